The van der Waals surface area contributed by atoms with Crippen LogP contribution < -0.4 is 16.8 Å². The average molecular weight is 587 g/mol. The van der Waals surface area contributed by atoms with E-state index < -0.39 is 48.8 Å². The van der Waals surface area contributed by atoms with Crippen molar-refractivity contribution in [2.75, 3.05) is 31.0 Å². The lowest BCUT2D eigenvalue weighted by molar-refractivity contribution is -0.149. The van der Waals surface area contributed by atoms with Crippen molar-refractivity contribution >= 4 is 88.6 Å². The normalized spacial score (nSPS) is 19.7. The number of thiazole rings is 1. The van der Waals surface area contributed by atoms with Gasteiger partial charge in [-0.25, -0.2) is 14.8 Å². The van der Waals surface area contributed by atoms with Crippen molar-refractivity contribution < 1.29 is 33.3 Å². The molecule has 196 valence electrons. The number of nitrogens with two attached hydrogens (primary N) is 2. The highest BCUT2D eigenvalue weighted by Crippen LogP contribution is 2.42. The third kappa shape index (κ3) is 6.47. The van der Waals surface area contributed by atoms with Crippen LogP contribution in [0.3, 0.4) is 0 Å². The molecule has 0 aliphatic carbocycles. The van der Waals surface area contributed by atoms with Crippen molar-refractivity contribution in [3.05, 3.63) is 22.3 Å². The van der Waals surface area contributed by atoms with Crippen LogP contribution in [0.1, 0.15) is 5.69 Å². The van der Waals surface area contributed by atoms with Crippen LogP contribution in [0.2, 0.25) is 0 Å². The number of anilines is 1. The highest BCUT2D eigenvalue weighted by molar-refractivity contribution is 8.12. The molecule has 1 fully saturated rings. The minimum atomic E-state index is -2.07. The smallest absolute Gasteiger partial charge is 0.364 e. The number of carbonyl (C=O) groups is 5. The van der Waals surface area contributed by atoms with Gasteiger partial charge in [0.15, 0.2) is 10.8 Å². The Morgan fingerprint density at radius 3 is 2.76 bits per heavy atom. The number of amides is 4. The zero-order valence-corrected chi connectivity index (χ0v) is 22.5. The van der Waals surface area contributed by atoms with Crippen LogP contribution in [0.5, 0.6) is 0 Å². The summed E-state index contributed by atoms with van der Waals surface area (Å²) in [5.74, 6) is -4.22. The van der Waals surface area contributed by atoms with Crippen molar-refractivity contribution in [1.82, 2.24) is 15.2 Å². The second kappa shape index (κ2) is 12.2. The first-order valence-corrected chi connectivity index (χ1v) is 14.6. The van der Waals surface area contributed by atoms with Crippen LogP contribution in [0.15, 0.2) is 26.8 Å². The molecule has 0 aromatic carbocycles. The summed E-state index contributed by atoms with van der Waals surface area (Å²) in [4.78, 5) is 74.0. The van der Waals surface area contributed by atoms with Gasteiger partial charge >= 0.3 is 17.8 Å². The second-order valence-electron chi connectivity index (χ2n) is 7.06. The molecule has 0 radical (unpaired) electrons. The van der Waals surface area contributed by atoms with E-state index in [-0.39, 0.29) is 33.7 Å². The van der Waals surface area contributed by atoms with Gasteiger partial charge in [-0.15, -0.1) is 34.9 Å². The lowest BCUT2D eigenvalue weighted by Gasteiger charge is -2.49. The van der Waals surface area contributed by atoms with E-state index in [9.17, 15) is 29.0 Å². The highest BCUT2D eigenvalue weighted by atomic mass is 32.2. The van der Waals surface area contributed by atoms with Gasteiger partial charge in [0.05, 0.1) is 5.55 Å². The van der Waals surface area contributed by atoms with Gasteiger partial charge < -0.3 is 26.1 Å². The monoisotopic (exact) mass is 586 g/mol. The van der Waals surface area contributed by atoms with Gasteiger partial charge in [0, 0.05) is 23.6 Å². The Balaban J connectivity index is 1.79. The lowest BCUT2D eigenvalue weighted by atomic mass is 10.0. The van der Waals surface area contributed by atoms with Crippen LogP contribution in [0.4, 0.5) is 5.13 Å². The number of thioether (sulfide) groups is 2. The van der Waals surface area contributed by atoms with Crippen molar-refractivity contribution in [1.29, 1.82) is 5.00 Å². The Labute approximate surface area is 222 Å². The number of carbonyl (C=O) groups excluding carboxylic acids is 5. The molecule has 4 amide bonds. The van der Waals surface area contributed by atoms with Gasteiger partial charge in [0.1, 0.15) is 29.9 Å². The number of hydrogen-bond donors (Lipinski definition) is 3. The van der Waals surface area contributed by atoms with Crippen molar-refractivity contribution in [3.63, 3.8) is 0 Å². The summed E-state index contributed by atoms with van der Waals surface area (Å²) in [5.41, 5.74) is 11.9. The fourth-order valence-electron chi connectivity index (χ4n) is 3.13. The molecule has 5 N–H and O–H groups in total. The molecule has 0 spiro atoms. The summed E-state index contributed by atoms with van der Waals surface area (Å²) in [7, 11) is -0.827. The Hall–Kier alpha value is -3.43. The number of aliphatic imine (C=N–C) groups is 1. The molecular formula is C18H19N8O7PS3. The Morgan fingerprint density at radius 2 is 2.16 bits per heavy atom. The fourth-order valence-corrected chi connectivity index (χ4v) is 6.17. The predicted octanol–water partition coefficient (Wildman–Crippen LogP) is -0.448. The standard InChI is InChI=1S/C18H19N8O7PS3/c1-32-25-9(8-5-37-18(20)23-8)13(28)24-10-15(30)26-11(17(31)33-34(2)21)7(4-36-16(10)26)3-35-6-22-14(29)12(19)27/h5-6,10,16H,3-4H2,1-2H3,(H2,19,27)(H2,20,23)(H,24,28)/b22-6+,25-9-/t10-,16-/m1/s1. The number of oxime groups is 1. The van der Waals surface area contributed by atoms with Gasteiger partial charge in [-0.3, -0.25) is 24.1 Å². The van der Waals surface area contributed by atoms with Crippen molar-refractivity contribution in [2.45, 2.75) is 11.4 Å². The number of fused-ring (bicyclic) bond motifs is 1. The molecule has 3 heterocycles. The molecule has 15 nitrogen and oxygen atoms in total. The summed E-state index contributed by atoms with van der Waals surface area (Å²) in [6, 6.07) is -1.00. The van der Waals surface area contributed by atoms with E-state index >= 15 is 0 Å². The lowest BCUT2D eigenvalue weighted by Crippen LogP contribution is -2.71. The molecule has 0 bridgehead atoms. The maximum Gasteiger partial charge on any atom is 0.364 e. The Bertz CT molecular complexity index is 1320. The quantitative estimate of drug-likeness (QED) is 0.0878. The molecule has 1 saturated heterocycles. The first-order chi connectivity index (χ1) is 17.5. The molecule has 37 heavy (non-hydrogen) atoms. The first kappa shape index (κ1) is 28.1. The molecule has 19 heteroatoms. The van der Waals surface area contributed by atoms with E-state index in [2.05, 4.69) is 20.4 Å². The topological polar surface area (TPSA) is 233 Å². The van der Waals surface area contributed by atoms with Gasteiger partial charge in [0.25, 0.3) is 11.8 Å². The maximum absolute atomic E-state index is 13.1. The van der Waals surface area contributed by atoms with Gasteiger partial charge in [0.2, 0.25) is 7.78 Å². The number of aromatic nitrogens is 1. The summed E-state index contributed by atoms with van der Waals surface area (Å²) in [6.45, 7) is 1.29. The van der Waals surface area contributed by atoms with E-state index in [1.807, 2.05) is 0 Å². The molecule has 3 atom stereocenters. The number of nitrogens with one attached hydrogen (secondary N) is 1. The third-order valence-electron chi connectivity index (χ3n) is 4.62. The van der Waals surface area contributed by atoms with Crippen LogP contribution in [0, 0.1) is 5.00 Å². The molecule has 0 saturated carbocycles. The Kier molecular flexibility index (Phi) is 9.29. The number of primary amides is 1. The van der Waals surface area contributed by atoms with Gasteiger partial charge in [-0.05, 0) is 5.57 Å². The minimum absolute atomic E-state index is 0.0807. The van der Waals surface area contributed by atoms with E-state index in [1.54, 1.807) is 0 Å². The maximum atomic E-state index is 13.1. The number of rotatable bonds is 8. The SMILES string of the molecule is CO/N=C(\C(=O)N[C@@H]1C(=O)N2C(C(=O)OP(C)#N)=C(CS/C=N/C(=O)C(N)=O)CS[C@H]12)c1csc(N)n1. The number of hydrogen-bond acceptors (Lipinski definition) is 14. The van der Waals surface area contributed by atoms with Crippen LogP contribution in [-0.4, -0.2) is 87.4 Å². The van der Waals surface area contributed by atoms with Crippen LogP contribution in [0.25, 0.3) is 0 Å². The van der Waals surface area contributed by atoms with E-state index in [0.717, 1.165) is 28.6 Å². The van der Waals surface area contributed by atoms with E-state index in [4.69, 9.17) is 20.8 Å². The summed E-state index contributed by atoms with van der Waals surface area (Å²) >= 11 is 3.35. The summed E-state index contributed by atoms with van der Waals surface area (Å²) in [6.07, 6.45) is 0. The van der Waals surface area contributed by atoms with E-state index in [0.29, 0.717) is 5.57 Å². The number of nitrogens with zero attached hydrogens (tertiary/aromatic N) is 5. The zero-order chi connectivity index (χ0) is 27.3. The van der Waals surface area contributed by atoms with Crippen LogP contribution >= 0.6 is 42.6 Å². The molecular weight excluding hydrogens is 567 g/mol. The zero-order valence-electron chi connectivity index (χ0n) is 19.1. The number of β-lactam (4-membered cyclic amide) rings is 1. The number of nitrogen functional groups attached to an aromatic ring is 1. The molecule has 1 aromatic heterocycles. The minimum Gasteiger partial charge on any atom is -0.398 e. The van der Waals surface area contributed by atoms with E-state index in [1.165, 1.54) is 35.8 Å². The predicted molar refractivity (Wildman–Crippen MR) is 138 cm³/mol. The second-order valence-corrected chi connectivity index (χ2v) is 11.0. The summed E-state index contributed by atoms with van der Waals surface area (Å²) < 4.78 is 4.96. The van der Waals surface area contributed by atoms with Gasteiger partial charge in [-0.1, -0.05) is 5.16 Å². The van der Waals surface area contributed by atoms with Crippen molar-refractivity contribution in [3.8, 4) is 0 Å². The largest absolute Gasteiger partial charge is 0.398 e. The highest BCUT2D eigenvalue weighted by Gasteiger charge is 2.54. The molecule has 2 aliphatic rings. The van der Waals surface area contributed by atoms with Crippen molar-refractivity contribution in [2.24, 2.45) is 15.9 Å². The molecule has 3 rings (SSSR count). The third-order valence-corrected chi connectivity index (χ3v) is 7.83. The average Bonchev–Trinajstić information content (AvgIpc) is 3.27. The Morgan fingerprint density at radius 1 is 1.43 bits per heavy atom. The summed E-state index contributed by atoms with van der Waals surface area (Å²) in [5, 5.41) is 16.9. The van der Waals surface area contributed by atoms with Gasteiger partial charge in [-0.2, -0.15) is 5.00 Å². The molecule has 1 unspecified atom stereocenters. The molecule has 1 aromatic rings. The fraction of sp³-hybridized carbons (Fsp3) is 0.333. The molecule has 2 aliphatic heterocycles. The van der Waals surface area contributed by atoms with Crippen LogP contribution in [-0.2, 0) is 33.3 Å². The first-order valence-electron chi connectivity index (χ1n) is 9.98.